The fourth-order valence-electron chi connectivity index (χ4n) is 3.10. The lowest BCUT2D eigenvalue weighted by molar-refractivity contribution is 0.129. The lowest BCUT2D eigenvalue weighted by Gasteiger charge is -2.41. The van der Waals surface area contributed by atoms with Crippen molar-refractivity contribution in [1.29, 1.82) is 0 Å². The zero-order valence-corrected chi connectivity index (χ0v) is 12.1. The van der Waals surface area contributed by atoms with Gasteiger partial charge in [0.2, 0.25) is 0 Å². The predicted molar refractivity (Wildman–Crippen MR) is 73.0 cm³/mol. The molecule has 1 N–H and O–H groups in total. The van der Waals surface area contributed by atoms with Crippen molar-refractivity contribution in [3.05, 3.63) is 12.2 Å². The minimum atomic E-state index is 0.387. The topological polar surface area (TPSA) is 42.7 Å². The Morgan fingerprint density at radius 3 is 2.67 bits per heavy atom. The van der Waals surface area contributed by atoms with E-state index < -0.39 is 0 Å². The van der Waals surface area contributed by atoms with Crippen LogP contribution in [0.2, 0.25) is 0 Å². The zero-order valence-electron chi connectivity index (χ0n) is 12.1. The summed E-state index contributed by atoms with van der Waals surface area (Å²) in [5, 5.41) is 11.8. The van der Waals surface area contributed by atoms with E-state index in [-0.39, 0.29) is 0 Å². The highest BCUT2D eigenvalue weighted by Crippen LogP contribution is 2.38. The molecule has 2 atom stereocenters. The van der Waals surface area contributed by atoms with Gasteiger partial charge in [-0.2, -0.15) is 0 Å². The van der Waals surface area contributed by atoms with Gasteiger partial charge in [0.05, 0.1) is 6.54 Å². The standard InChI is InChI=1S/C14H26N4/c1-14(2,3)11-7-5-6-8-12(11)15-9-13-17-16-10-18(13)4/h10-12,15H,5-9H2,1-4H3. The van der Waals surface area contributed by atoms with Crippen LogP contribution in [0.5, 0.6) is 0 Å². The Bertz CT molecular complexity index is 377. The molecular formula is C14H26N4. The Morgan fingerprint density at radius 2 is 2.06 bits per heavy atom. The van der Waals surface area contributed by atoms with Crippen LogP contribution in [0.1, 0.15) is 52.3 Å². The first-order chi connectivity index (χ1) is 8.48. The van der Waals surface area contributed by atoms with Crippen molar-refractivity contribution < 1.29 is 0 Å². The van der Waals surface area contributed by atoms with Gasteiger partial charge in [0.15, 0.2) is 0 Å². The Morgan fingerprint density at radius 1 is 1.33 bits per heavy atom. The van der Waals surface area contributed by atoms with Gasteiger partial charge in [-0.1, -0.05) is 33.6 Å². The molecule has 0 aromatic carbocycles. The molecule has 0 aliphatic heterocycles. The normalized spacial score (nSPS) is 25.3. The summed E-state index contributed by atoms with van der Waals surface area (Å²) in [7, 11) is 2.00. The van der Waals surface area contributed by atoms with E-state index in [2.05, 4.69) is 36.3 Å². The summed E-state index contributed by atoms with van der Waals surface area (Å²) < 4.78 is 1.99. The van der Waals surface area contributed by atoms with Crippen molar-refractivity contribution in [3.8, 4) is 0 Å². The van der Waals surface area contributed by atoms with Crippen LogP contribution in [0, 0.1) is 11.3 Å². The SMILES string of the molecule is Cn1cnnc1CNC1CCCCC1C(C)(C)C. The molecule has 0 bridgehead atoms. The van der Waals surface area contributed by atoms with E-state index in [1.54, 1.807) is 6.33 Å². The molecule has 0 amide bonds. The molecule has 2 unspecified atom stereocenters. The molecule has 1 aromatic rings. The minimum absolute atomic E-state index is 0.387. The third kappa shape index (κ3) is 3.10. The molecule has 18 heavy (non-hydrogen) atoms. The molecule has 4 nitrogen and oxygen atoms in total. The molecule has 102 valence electrons. The monoisotopic (exact) mass is 250 g/mol. The van der Waals surface area contributed by atoms with E-state index in [0.29, 0.717) is 11.5 Å². The van der Waals surface area contributed by atoms with Gasteiger partial charge in [0.1, 0.15) is 12.2 Å². The summed E-state index contributed by atoms with van der Waals surface area (Å²) in [4.78, 5) is 0. The summed E-state index contributed by atoms with van der Waals surface area (Å²) in [6.45, 7) is 7.91. The summed E-state index contributed by atoms with van der Waals surface area (Å²) >= 11 is 0. The van der Waals surface area contributed by atoms with Crippen molar-refractivity contribution in [2.75, 3.05) is 0 Å². The minimum Gasteiger partial charge on any atom is -0.320 e. The van der Waals surface area contributed by atoms with Crippen molar-refractivity contribution in [2.45, 2.75) is 59.0 Å². The third-order valence-corrected chi connectivity index (χ3v) is 4.21. The zero-order chi connectivity index (χ0) is 13.2. The van der Waals surface area contributed by atoms with Gasteiger partial charge in [-0.3, -0.25) is 0 Å². The Labute approximate surface area is 110 Å². The molecule has 0 spiro atoms. The lowest BCUT2D eigenvalue weighted by atomic mass is 9.69. The molecule has 1 aromatic heterocycles. The maximum atomic E-state index is 4.14. The Kier molecular flexibility index (Phi) is 4.05. The molecule has 0 saturated heterocycles. The number of aryl methyl sites for hydroxylation is 1. The quantitative estimate of drug-likeness (QED) is 0.896. The van der Waals surface area contributed by atoms with Crippen LogP contribution in [-0.4, -0.2) is 20.8 Å². The Balaban J connectivity index is 1.96. The first-order valence-corrected chi connectivity index (χ1v) is 7.05. The summed E-state index contributed by atoms with van der Waals surface area (Å²) in [6, 6.07) is 0.621. The molecule has 0 radical (unpaired) electrons. The summed E-state index contributed by atoms with van der Waals surface area (Å²) in [5.74, 6) is 1.78. The van der Waals surface area contributed by atoms with Crippen LogP contribution < -0.4 is 5.32 Å². The lowest BCUT2D eigenvalue weighted by Crippen LogP contribution is -2.44. The average Bonchev–Trinajstić information content (AvgIpc) is 2.71. The van der Waals surface area contributed by atoms with Gasteiger partial charge in [-0.15, -0.1) is 10.2 Å². The molecule has 1 saturated carbocycles. The van der Waals surface area contributed by atoms with E-state index in [9.17, 15) is 0 Å². The fourth-order valence-corrected chi connectivity index (χ4v) is 3.10. The second kappa shape index (κ2) is 5.39. The largest absolute Gasteiger partial charge is 0.320 e. The number of nitrogens with one attached hydrogen (secondary N) is 1. The molecule has 1 fully saturated rings. The van der Waals surface area contributed by atoms with Gasteiger partial charge >= 0.3 is 0 Å². The first-order valence-electron chi connectivity index (χ1n) is 7.05. The van der Waals surface area contributed by atoms with E-state index in [0.717, 1.165) is 18.3 Å². The van der Waals surface area contributed by atoms with E-state index in [1.165, 1.54) is 25.7 Å². The second-order valence-corrected chi connectivity index (χ2v) is 6.60. The van der Waals surface area contributed by atoms with Gasteiger partial charge in [0, 0.05) is 13.1 Å². The van der Waals surface area contributed by atoms with Crippen LogP contribution in [0.25, 0.3) is 0 Å². The van der Waals surface area contributed by atoms with Crippen LogP contribution >= 0.6 is 0 Å². The van der Waals surface area contributed by atoms with E-state index >= 15 is 0 Å². The van der Waals surface area contributed by atoms with E-state index in [1.807, 2.05) is 11.6 Å². The highest BCUT2D eigenvalue weighted by atomic mass is 15.3. The molecule has 1 aliphatic rings. The average molecular weight is 250 g/mol. The Hall–Kier alpha value is -0.900. The third-order valence-electron chi connectivity index (χ3n) is 4.21. The van der Waals surface area contributed by atoms with Crippen molar-refractivity contribution in [3.63, 3.8) is 0 Å². The molecule has 1 heterocycles. The number of hydrogen-bond acceptors (Lipinski definition) is 3. The predicted octanol–water partition coefficient (Wildman–Crippen LogP) is 2.51. The number of rotatable bonds is 3. The number of aromatic nitrogens is 3. The highest BCUT2D eigenvalue weighted by Gasteiger charge is 2.33. The number of hydrogen-bond donors (Lipinski definition) is 1. The van der Waals surface area contributed by atoms with Crippen molar-refractivity contribution in [2.24, 2.45) is 18.4 Å². The van der Waals surface area contributed by atoms with Gasteiger partial charge in [-0.05, 0) is 24.2 Å². The molecule has 4 heteroatoms. The van der Waals surface area contributed by atoms with Crippen molar-refractivity contribution >= 4 is 0 Å². The number of nitrogens with zero attached hydrogens (tertiary/aromatic N) is 3. The molecule has 2 rings (SSSR count). The van der Waals surface area contributed by atoms with Crippen LogP contribution in [-0.2, 0) is 13.6 Å². The van der Waals surface area contributed by atoms with Gasteiger partial charge in [0.25, 0.3) is 0 Å². The summed E-state index contributed by atoms with van der Waals surface area (Å²) in [6.07, 6.45) is 7.13. The molecule has 1 aliphatic carbocycles. The van der Waals surface area contributed by atoms with Crippen LogP contribution in [0.3, 0.4) is 0 Å². The summed E-state index contributed by atoms with van der Waals surface area (Å²) in [5.41, 5.74) is 0.387. The van der Waals surface area contributed by atoms with Crippen molar-refractivity contribution in [1.82, 2.24) is 20.1 Å². The first kappa shape index (κ1) is 13.5. The maximum absolute atomic E-state index is 4.14. The highest BCUT2D eigenvalue weighted by molar-refractivity contribution is 4.91. The second-order valence-electron chi connectivity index (χ2n) is 6.60. The maximum Gasteiger partial charge on any atom is 0.146 e. The smallest absolute Gasteiger partial charge is 0.146 e. The van der Waals surface area contributed by atoms with E-state index in [4.69, 9.17) is 0 Å². The molecular weight excluding hydrogens is 224 g/mol. The fraction of sp³-hybridized carbons (Fsp3) is 0.857. The van der Waals surface area contributed by atoms with Crippen LogP contribution in [0.4, 0.5) is 0 Å². The van der Waals surface area contributed by atoms with Crippen LogP contribution in [0.15, 0.2) is 6.33 Å². The van der Waals surface area contributed by atoms with Gasteiger partial charge < -0.3 is 9.88 Å². The van der Waals surface area contributed by atoms with Gasteiger partial charge in [-0.25, -0.2) is 0 Å².